The van der Waals surface area contributed by atoms with Gasteiger partial charge in [-0.05, 0) is 56.1 Å². The van der Waals surface area contributed by atoms with E-state index < -0.39 is 0 Å². The Kier molecular flexibility index (Phi) is 2.46. The van der Waals surface area contributed by atoms with Crippen LogP contribution in [0.4, 0.5) is 0 Å². The van der Waals surface area contributed by atoms with E-state index in [1.165, 1.54) is 17.5 Å². The number of phenols is 1. The molecule has 76 valence electrons. The predicted molar refractivity (Wildman–Crippen MR) is 57.7 cm³/mol. The van der Waals surface area contributed by atoms with Crippen molar-refractivity contribution in [1.82, 2.24) is 4.90 Å². The van der Waals surface area contributed by atoms with Crippen molar-refractivity contribution in [3.63, 3.8) is 0 Å². The third-order valence-corrected chi connectivity index (χ3v) is 2.91. The quantitative estimate of drug-likeness (QED) is 0.772. The van der Waals surface area contributed by atoms with Gasteiger partial charge in [-0.2, -0.15) is 0 Å². The second-order valence-corrected chi connectivity index (χ2v) is 4.38. The number of phenolic OH excluding ortho intramolecular Hbond substituents is 1. The summed E-state index contributed by atoms with van der Waals surface area (Å²) < 4.78 is 0. The van der Waals surface area contributed by atoms with Crippen LogP contribution in [0.2, 0.25) is 0 Å². The first-order chi connectivity index (χ1) is 6.66. The van der Waals surface area contributed by atoms with Crippen molar-refractivity contribution in [2.45, 2.75) is 18.8 Å². The first-order valence-electron chi connectivity index (χ1n) is 5.13. The molecule has 0 amide bonds. The van der Waals surface area contributed by atoms with E-state index in [4.69, 9.17) is 0 Å². The molecule has 0 aromatic heterocycles. The second-order valence-electron chi connectivity index (χ2n) is 4.38. The molecule has 1 aliphatic rings. The number of hydrogen-bond donors (Lipinski definition) is 1. The van der Waals surface area contributed by atoms with E-state index in [2.05, 4.69) is 25.1 Å². The van der Waals surface area contributed by atoms with Crippen LogP contribution in [-0.2, 0) is 6.42 Å². The summed E-state index contributed by atoms with van der Waals surface area (Å²) in [7, 11) is 4.22. The van der Waals surface area contributed by atoms with Gasteiger partial charge in [0, 0.05) is 6.54 Å². The van der Waals surface area contributed by atoms with Crippen molar-refractivity contribution < 1.29 is 5.11 Å². The van der Waals surface area contributed by atoms with Crippen LogP contribution in [0.5, 0.6) is 5.75 Å². The number of aromatic hydroxyl groups is 1. The van der Waals surface area contributed by atoms with Gasteiger partial charge in [0.05, 0.1) is 0 Å². The number of benzene rings is 1. The number of hydrogen-bond acceptors (Lipinski definition) is 2. The SMILES string of the molecule is CN(C)CC1CCc2cc(O)ccc21. The van der Waals surface area contributed by atoms with Gasteiger partial charge in [-0.1, -0.05) is 6.07 Å². The van der Waals surface area contributed by atoms with Gasteiger partial charge in [0.25, 0.3) is 0 Å². The van der Waals surface area contributed by atoms with Gasteiger partial charge in [-0.3, -0.25) is 0 Å². The van der Waals surface area contributed by atoms with Crippen molar-refractivity contribution in [2.24, 2.45) is 0 Å². The highest BCUT2D eigenvalue weighted by Gasteiger charge is 2.22. The molecule has 0 fully saturated rings. The predicted octanol–water partition coefficient (Wildman–Crippen LogP) is 1.98. The molecule has 0 saturated heterocycles. The molecule has 2 nitrogen and oxygen atoms in total. The van der Waals surface area contributed by atoms with Gasteiger partial charge >= 0.3 is 0 Å². The van der Waals surface area contributed by atoms with Gasteiger partial charge in [-0.15, -0.1) is 0 Å². The summed E-state index contributed by atoms with van der Waals surface area (Å²) in [4.78, 5) is 2.23. The summed E-state index contributed by atoms with van der Waals surface area (Å²) in [5, 5.41) is 9.35. The lowest BCUT2D eigenvalue weighted by molar-refractivity contribution is 0.372. The van der Waals surface area contributed by atoms with E-state index >= 15 is 0 Å². The third kappa shape index (κ3) is 1.75. The summed E-state index contributed by atoms with van der Waals surface area (Å²) in [5.41, 5.74) is 2.76. The monoisotopic (exact) mass is 191 g/mol. The van der Waals surface area contributed by atoms with E-state index in [1.54, 1.807) is 6.07 Å². The molecule has 1 aromatic carbocycles. The van der Waals surface area contributed by atoms with E-state index in [1.807, 2.05) is 6.07 Å². The lowest BCUT2D eigenvalue weighted by atomic mass is 10.0. The van der Waals surface area contributed by atoms with Crippen molar-refractivity contribution in [3.8, 4) is 5.75 Å². The zero-order valence-electron chi connectivity index (χ0n) is 8.83. The second kappa shape index (κ2) is 3.62. The number of nitrogens with zero attached hydrogens (tertiary/aromatic N) is 1. The van der Waals surface area contributed by atoms with Crippen LogP contribution in [-0.4, -0.2) is 30.6 Å². The number of aryl methyl sites for hydroxylation is 1. The molecule has 2 rings (SSSR count). The highest BCUT2D eigenvalue weighted by molar-refractivity contribution is 5.40. The normalized spacial score (nSPS) is 20.1. The summed E-state index contributed by atoms with van der Waals surface area (Å²) >= 11 is 0. The topological polar surface area (TPSA) is 23.5 Å². The highest BCUT2D eigenvalue weighted by Crippen LogP contribution is 2.35. The Morgan fingerprint density at radius 1 is 1.43 bits per heavy atom. The Labute approximate surface area is 85.2 Å². The highest BCUT2D eigenvalue weighted by atomic mass is 16.3. The van der Waals surface area contributed by atoms with Crippen molar-refractivity contribution in [1.29, 1.82) is 0 Å². The minimum Gasteiger partial charge on any atom is -0.508 e. The van der Waals surface area contributed by atoms with Crippen molar-refractivity contribution in [3.05, 3.63) is 29.3 Å². The number of fused-ring (bicyclic) bond motifs is 1. The third-order valence-electron chi connectivity index (χ3n) is 2.91. The molecule has 0 saturated carbocycles. The fourth-order valence-electron chi connectivity index (χ4n) is 2.32. The Balaban J connectivity index is 2.22. The molecule has 1 aromatic rings. The molecule has 2 heteroatoms. The van der Waals surface area contributed by atoms with E-state index in [0.29, 0.717) is 11.7 Å². The van der Waals surface area contributed by atoms with Crippen LogP contribution in [0.3, 0.4) is 0 Å². The molecule has 1 atom stereocenters. The van der Waals surface area contributed by atoms with Gasteiger partial charge in [0.2, 0.25) is 0 Å². The van der Waals surface area contributed by atoms with Crippen LogP contribution in [0.25, 0.3) is 0 Å². The zero-order chi connectivity index (χ0) is 10.1. The first-order valence-corrected chi connectivity index (χ1v) is 5.13. The molecule has 0 heterocycles. The number of likely N-dealkylation sites (N-methyl/N-ethyl adjacent to an activating group) is 1. The van der Waals surface area contributed by atoms with Crippen LogP contribution in [0, 0.1) is 0 Å². The zero-order valence-corrected chi connectivity index (χ0v) is 8.83. The van der Waals surface area contributed by atoms with Gasteiger partial charge < -0.3 is 10.0 Å². The van der Waals surface area contributed by atoms with Gasteiger partial charge in [-0.25, -0.2) is 0 Å². The molecule has 1 unspecified atom stereocenters. The van der Waals surface area contributed by atoms with Crippen LogP contribution >= 0.6 is 0 Å². The Bertz CT molecular complexity index is 333. The molecule has 0 bridgehead atoms. The van der Waals surface area contributed by atoms with E-state index in [0.717, 1.165) is 13.0 Å². The van der Waals surface area contributed by atoms with Gasteiger partial charge in [0.15, 0.2) is 0 Å². The molecule has 1 aliphatic carbocycles. The largest absolute Gasteiger partial charge is 0.508 e. The van der Waals surface area contributed by atoms with Crippen LogP contribution in [0.15, 0.2) is 18.2 Å². The minimum atomic E-state index is 0.397. The average molecular weight is 191 g/mol. The van der Waals surface area contributed by atoms with Crippen molar-refractivity contribution >= 4 is 0 Å². The van der Waals surface area contributed by atoms with Crippen LogP contribution < -0.4 is 0 Å². The Hall–Kier alpha value is -1.02. The Morgan fingerprint density at radius 3 is 2.93 bits per heavy atom. The molecule has 0 radical (unpaired) electrons. The molecular weight excluding hydrogens is 174 g/mol. The fourth-order valence-corrected chi connectivity index (χ4v) is 2.32. The lowest BCUT2D eigenvalue weighted by Gasteiger charge is -2.16. The van der Waals surface area contributed by atoms with Crippen molar-refractivity contribution in [2.75, 3.05) is 20.6 Å². The molecular formula is C12H17NO. The van der Waals surface area contributed by atoms with E-state index in [-0.39, 0.29) is 0 Å². The average Bonchev–Trinajstić information content (AvgIpc) is 2.47. The standard InChI is InChI=1S/C12H17NO/c1-13(2)8-10-4-3-9-7-11(14)5-6-12(9)10/h5-7,10,14H,3-4,8H2,1-2H3. The summed E-state index contributed by atoms with van der Waals surface area (Å²) in [5.74, 6) is 1.05. The molecule has 14 heavy (non-hydrogen) atoms. The van der Waals surface area contributed by atoms with Crippen LogP contribution in [0.1, 0.15) is 23.5 Å². The number of rotatable bonds is 2. The first kappa shape index (κ1) is 9.53. The van der Waals surface area contributed by atoms with E-state index in [9.17, 15) is 5.11 Å². The fraction of sp³-hybridized carbons (Fsp3) is 0.500. The smallest absolute Gasteiger partial charge is 0.115 e. The molecule has 0 aliphatic heterocycles. The maximum atomic E-state index is 9.35. The molecule has 0 spiro atoms. The lowest BCUT2D eigenvalue weighted by Crippen LogP contribution is -2.18. The summed E-state index contributed by atoms with van der Waals surface area (Å²) in [6, 6.07) is 5.78. The maximum absolute atomic E-state index is 9.35. The molecule has 1 N–H and O–H groups in total. The minimum absolute atomic E-state index is 0.397. The summed E-state index contributed by atoms with van der Waals surface area (Å²) in [6.45, 7) is 1.11. The summed E-state index contributed by atoms with van der Waals surface area (Å²) in [6.07, 6.45) is 2.33. The maximum Gasteiger partial charge on any atom is 0.115 e. The Morgan fingerprint density at radius 2 is 2.21 bits per heavy atom. The van der Waals surface area contributed by atoms with Gasteiger partial charge in [0.1, 0.15) is 5.75 Å².